The summed E-state index contributed by atoms with van der Waals surface area (Å²) < 4.78 is 16.7. The van der Waals surface area contributed by atoms with Crippen LogP contribution in [0.15, 0.2) is 21.3 Å². The van der Waals surface area contributed by atoms with Gasteiger partial charge >= 0.3 is 6.09 Å². The number of likely N-dealkylation sites (tertiary alicyclic amines) is 1. The fraction of sp³-hybridized carbons (Fsp3) is 0.500. The summed E-state index contributed by atoms with van der Waals surface area (Å²) in [7, 11) is 0. The summed E-state index contributed by atoms with van der Waals surface area (Å²) in [5, 5.41) is 20.8. The Hall–Kier alpha value is -2.74. The molecule has 0 bridgehead atoms. The summed E-state index contributed by atoms with van der Waals surface area (Å²) in [6.45, 7) is 4.40. The highest BCUT2D eigenvalue weighted by molar-refractivity contribution is 5.87. The predicted molar refractivity (Wildman–Crippen MR) is 99.6 cm³/mol. The van der Waals surface area contributed by atoms with Crippen LogP contribution in [0.3, 0.4) is 0 Å². The number of nitrogens with zero attached hydrogens (tertiary/aromatic N) is 1. The number of hydrogen-bond acceptors (Lipinski definition) is 7. The molecule has 2 N–H and O–H groups in total. The lowest BCUT2D eigenvalue weighted by Gasteiger charge is -2.24. The Morgan fingerprint density at radius 2 is 2.04 bits per heavy atom. The van der Waals surface area contributed by atoms with Crippen LogP contribution in [0.25, 0.3) is 11.0 Å². The zero-order valence-corrected chi connectivity index (χ0v) is 15.9. The number of benzene rings is 1. The maximum atomic E-state index is 12.5. The lowest BCUT2D eigenvalue weighted by atomic mass is 9.96. The third-order valence-corrected chi connectivity index (χ3v) is 5.26. The smallest absolute Gasteiger partial charge is 0.410 e. The van der Waals surface area contributed by atoms with Crippen molar-refractivity contribution in [1.29, 1.82) is 0 Å². The Balaban J connectivity index is 1.62. The highest BCUT2D eigenvalue weighted by Gasteiger charge is 2.37. The van der Waals surface area contributed by atoms with Gasteiger partial charge in [0, 0.05) is 37.2 Å². The molecule has 8 nitrogen and oxygen atoms in total. The summed E-state index contributed by atoms with van der Waals surface area (Å²) >= 11 is 0. The Morgan fingerprint density at radius 3 is 2.71 bits per heavy atom. The predicted octanol–water partition coefficient (Wildman–Crippen LogP) is 2.31. The first-order valence-electron chi connectivity index (χ1n) is 9.36. The average molecular weight is 389 g/mol. The molecule has 8 heteroatoms. The van der Waals surface area contributed by atoms with E-state index in [1.165, 1.54) is 12.1 Å². The van der Waals surface area contributed by atoms with Gasteiger partial charge in [-0.1, -0.05) is 0 Å². The van der Waals surface area contributed by atoms with Crippen molar-refractivity contribution >= 4 is 17.1 Å². The van der Waals surface area contributed by atoms with Crippen molar-refractivity contribution in [2.75, 3.05) is 13.1 Å². The number of rotatable bonds is 3. The Kier molecular flexibility index (Phi) is 4.45. The fourth-order valence-electron chi connectivity index (χ4n) is 3.64. The molecule has 2 aliphatic rings. The van der Waals surface area contributed by atoms with Crippen LogP contribution in [0.2, 0.25) is 0 Å². The van der Waals surface area contributed by atoms with Crippen molar-refractivity contribution in [3.05, 3.63) is 33.7 Å². The first-order chi connectivity index (χ1) is 13.2. The molecule has 1 aromatic heterocycles. The molecule has 1 atom stereocenters. The number of fused-ring (bicyclic) bond motifs is 2. The first-order valence-corrected chi connectivity index (χ1v) is 9.36. The topological polar surface area (TPSA) is 109 Å². The molecule has 1 unspecified atom stereocenters. The molecule has 3 heterocycles. The van der Waals surface area contributed by atoms with Gasteiger partial charge in [-0.3, -0.25) is 4.79 Å². The van der Waals surface area contributed by atoms with Gasteiger partial charge in [0.05, 0.1) is 5.60 Å². The van der Waals surface area contributed by atoms with Crippen LogP contribution in [-0.4, -0.2) is 46.0 Å². The molecular weight excluding hydrogens is 366 g/mol. The number of carbonyl (C=O) groups is 1. The van der Waals surface area contributed by atoms with Crippen LogP contribution in [0.4, 0.5) is 4.79 Å². The zero-order valence-electron chi connectivity index (χ0n) is 15.9. The molecule has 28 heavy (non-hydrogen) atoms. The van der Waals surface area contributed by atoms with E-state index in [0.29, 0.717) is 24.4 Å². The number of phenolic OH excluding ortho intramolecular Hbond substituents is 1. The number of phenols is 1. The van der Waals surface area contributed by atoms with Gasteiger partial charge in [0.15, 0.2) is 12.0 Å². The molecule has 2 aliphatic heterocycles. The summed E-state index contributed by atoms with van der Waals surface area (Å²) in [6, 6.07) is 2.75. The van der Waals surface area contributed by atoms with Crippen molar-refractivity contribution in [1.82, 2.24) is 4.90 Å². The van der Waals surface area contributed by atoms with Gasteiger partial charge in [0.2, 0.25) is 0 Å². The molecule has 1 fully saturated rings. The molecule has 1 aromatic carbocycles. The van der Waals surface area contributed by atoms with Gasteiger partial charge in [0.1, 0.15) is 34.3 Å². The highest BCUT2D eigenvalue weighted by Crippen LogP contribution is 2.42. The van der Waals surface area contributed by atoms with Crippen LogP contribution in [0.5, 0.6) is 11.5 Å². The molecule has 150 valence electrons. The van der Waals surface area contributed by atoms with E-state index < -0.39 is 23.2 Å². The van der Waals surface area contributed by atoms with Crippen molar-refractivity contribution in [3.63, 3.8) is 0 Å². The minimum Gasteiger partial charge on any atom is -0.507 e. The minimum absolute atomic E-state index is 0.0494. The maximum Gasteiger partial charge on any atom is 0.410 e. The molecule has 0 radical (unpaired) electrons. The van der Waals surface area contributed by atoms with Gasteiger partial charge in [-0.15, -0.1) is 0 Å². The fourth-order valence-corrected chi connectivity index (χ4v) is 3.64. The van der Waals surface area contributed by atoms with Crippen LogP contribution in [0.1, 0.15) is 38.0 Å². The van der Waals surface area contributed by atoms with E-state index in [9.17, 15) is 19.8 Å². The van der Waals surface area contributed by atoms with Gasteiger partial charge in [-0.25, -0.2) is 4.79 Å². The van der Waals surface area contributed by atoms with E-state index in [0.717, 1.165) is 12.8 Å². The SMILES string of the molecule is CC(C)(O)C1Cc2c(cc3oc(COC(=O)N4CCCC4)cc(=O)c3c2O)O1. The van der Waals surface area contributed by atoms with Crippen molar-refractivity contribution in [2.45, 2.75) is 51.4 Å². The second kappa shape index (κ2) is 6.70. The molecular formula is C20H23NO7. The Morgan fingerprint density at radius 1 is 1.32 bits per heavy atom. The quantitative estimate of drug-likeness (QED) is 0.829. The van der Waals surface area contributed by atoms with Crippen molar-refractivity contribution < 1.29 is 28.9 Å². The van der Waals surface area contributed by atoms with Crippen molar-refractivity contribution in [2.24, 2.45) is 0 Å². The van der Waals surface area contributed by atoms with Crippen LogP contribution >= 0.6 is 0 Å². The van der Waals surface area contributed by atoms with Gasteiger partial charge < -0.3 is 29.0 Å². The third-order valence-electron chi connectivity index (χ3n) is 5.26. The minimum atomic E-state index is -1.11. The zero-order chi connectivity index (χ0) is 20.1. The number of hydrogen-bond donors (Lipinski definition) is 2. The monoisotopic (exact) mass is 389 g/mol. The van der Waals surface area contributed by atoms with E-state index >= 15 is 0 Å². The van der Waals surface area contributed by atoms with Gasteiger partial charge in [-0.05, 0) is 26.7 Å². The van der Waals surface area contributed by atoms with Crippen LogP contribution < -0.4 is 10.2 Å². The number of aromatic hydroxyl groups is 1. The van der Waals surface area contributed by atoms with E-state index in [2.05, 4.69) is 0 Å². The second-order valence-corrected chi connectivity index (χ2v) is 7.86. The molecule has 0 saturated carbocycles. The molecule has 1 amide bonds. The standard InChI is InChI=1S/C20H23NO7/c1-20(2,25)16-8-12-14(28-16)9-15-17(18(12)23)13(22)7-11(27-15)10-26-19(24)21-5-3-4-6-21/h7,9,16,23,25H,3-6,8,10H2,1-2H3. The summed E-state index contributed by atoms with van der Waals surface area (Å²) in [5.74, 6) is 0.349. The molecule has 0 spiro atoms. The average Bonchev–Trinajstić information content (AvgIpc) is 3.28. The normalized spacial score (nSPS) is 19.0. The van der Waals surface area contributed by atoms with E-state index in [1.54, 1.807) is 18.7 Å². The number of ether oxygens (including phenoxy) is 2. The first kappa shape index (κ1) is 18.6. The van der Waals surface area contributed by atoms with E-state index in [1.807, 2.05) is 0 Å². The third kappa shape index (κ3) is 3.28. The highest BCUT2D eigenvalue weighted by atomic mass is 16.6. The molecule has 2 aromatic rings. The number of amides is 1. The Bertz CT molecular complexity index is 983. The second-order valence-electron chi connectivity index (χ2n) is 7.86. The maximum absolute atomic E-state index is 12.5. The number of aliphatic hydroxyl groups is 1. The molecule has 4 rings (SSSR count). The Labute approximate surface area is 161 Å². The molecule has 0 aliphatic carbocycles. The van der Waals surface area contributed by atoms with Crippen LogP contribution in [0, 0.1) is 0 Å². The van der Waals surface area contributed by atoms with Crippen molar-refractivity contribution in [3.8, 4) is 11.5 Å². The van der Waals surface area contributed by atoms with Gasteiger partial charge in [0.25, 0.3) is 0 Å². The lowest BCUT2D eigenvalue weighted by molar-refractivity contribution is -0.0229. The van der Waals surface area contributed by atoms with Crippen LogP contribution in [-0.2, 0) is 17.8 Å². The summed E-state index contributed by atoms with van der Waals surface area (Å²) in [4.78, 5) is 26.2. The molecule has 1 saturated heterocycles. The largest absolute Gasteiger partial charge is 0.507 e. The van der Waals surface area contributed by atoms with E-state index in [4.69, 9.17) is 13.9 Å². The summed E-state index contributed by atoms with van der Waals surface area (Å²) in [6.07, 6.45) is 1.22. The van der Waals surface area contributed by atoms with Gasteiger partial charge in [-0.2, -0.15) is 0 Å². The summed E-state index contributed by atoms with van der Waals surface area (Å²) in [5.41, 5.74) is -0.919. The lowest BCUT2D eigenvalue weighted by Crippen LogP contribution is -2.39. The van der Waals surface area contributed by atoms with E-state index in [-0.39, 0.29) is 35.5 Å². The number of carbonyl (C=O) groups excluding carboxylic acids is 1.